The predicted molar refractivity (Wildman–Crippen MR) is 167 cm³/mol. The maximum absolute atomic E-state index is 15.3. The molecule has 2 fully saturated rings. The lowest BCUT2D eigenvalue weighted by Crippen LogP contribution is -2.44. The number of hydrogen-bond acceptors (Lipinski definition) is 10. The van der Waals surface area contributed by atoms with E-state index in [9.17, 15) is 8.42 Å². The SMILES string of the molecule is CN1CCN(c2ccc(Nc3nc(Nc4ccccc4N(C)S(C)(=O)=O)c4ncn(C5CCCCO5)c4n3)cc2F)CC1. The molecule has 12 nitrogen and oxygen atoms in total. The van der Waals surface area contributed by atoms with Crippen molar-refractivity contribution in [1.82, 2.24) is 24.4 Å². The zero-order valence-corrected chi connectivity index (χ0v) is 25.3. The van der Waals surface area contributed by atoms with Gasteiger partial charge in [0.2, 0.25) is 16.0 Å². The van der Waals surface area contributed by atoms with Crippen LogP contribution in [-0.2, 0) is 14.8 Å². The smallest absolute Gasteiger partial charge is 0.232 e. The second kappa shape index (κ2) is 11.9. The first-order valence-electron chi connectivity index (χ1n) is 14.3. The van der Waals surface area contributed by atoms with Crippen molar-refractivity contribution in [1.29, 1.82) is 0 Å². The Kier molecular flexibility index (Phi) is 8.07. The molecule has 2 aliphatic rings. The van der Waals surface area contributed by atoms with Crippen molar-refractivity contribution in [3.05, 3.63) is 54.6 Å². The Morgan fingerprint density at radius 3 is 2.56 bits per heavy atom. The molecule has 4 aromatic rings. The maximum Gasteiger partial charge on any atom is 0.232 e. The van der Waals surface area contributed by atoms with Crippen LogP contribution in [0.5, 0.6) is 0 Å². The summed E-state index contributed by atoms with van der Waals surface area (Å²) in [7, 11) is 0.0385. The summed E-state index contributed by atoms with van der Waals surface area (Å²) in [5.74, 6) is 0.270. The minimum Gasteiger partial charge on any atom is -0.367 e. The average molecular weight is 610 g/mol. The lowest BCUT2D eigenvalue weighted by atomic mass is 10.2. The first-order chi connectivity index (χ1) is 20.7. The number of anilines is 6. The molecule has 2 aliphatic heterocycles. The van der Waals surface area contributed by atoms with E-state index in [1.807, 2.05) is 10.6 Å². The molecule has 2 aromatic carbocycles. The van der Waals surface area contributed by atoms with E-state index in [1.165, 1.54) is 17.4 Å². The largest absolute Gasteiger partial charge is 0.367 e. The Labute approximate surface area is 250 Å². The number of aromatic nitrogens is 4. The molecule has 228 valence electrons. The van der Waals surface area contributed by atoms with Crippen molar-refractivity contribution in [2.75, 3.05) is 73.0 Å². The molecule has 0 amide bonds. The van der Waals surface area contributed by atoms with E-state index in [0.717, 1.165) is 51.7 Å². The van der Waals surface area contributed by atoms with Gasteiger partial charge >= 0.3 is 0 Å². The zero-order valence-electron chi connectivity index (χ0n) is 24.5. The van der Waals surface area contributed by atoms with Crippen LogP contribution in [0.1, 0.15) is 25.5 Å². The van der Waals surface area contributed by atoms with Gasteiger partial charge in [-0.05, 0) is 56.6 Å². The molecular weight excluding hydrogens is 573 g/mol. The number of imidazole rings is 1. The van der Waals surface area contributed by atoms with Crippen LogP contribution in [0.15, 0.2) is 48.8 Å². The fourth-order valence-corrected chi connectivity index (χ4v) is 5.91. The van der Waals surface area contributed by atoms with E-state index in [0.29, 0.717) is 46.3 Å². The topological polar surface area (TPSA) is 121 Å². The number of nitrogens with zero attached hydrogens (tertiary/aromatic N) is 7. The zero-order chi connectivity index (χ0) is 30.1. The van der Waals surface area contributed by atoms with Gasteiger partial charge in [0.15, 0.2) is 17.0 Å². The van der Waals surface area contributed by atoms with Gasteiger partial charge in [0.25, 0.3) is 0 Å². The van der Waals surface area contributed by atoms with Gasteiger partial charge in [-0.2, -0.15) is 9.97 Å². The summed E-state index contributed by atoms with van der Waals surface area (Å²) in [5.41, 5.74) is 3.06. The third kappa shape index (κ3) is 6.21. The predicted octanol–water partition coefficient (Wildman–Crippen LogP) is 4.30. The number of fused-ring (bicyclic) bond motifs is 1. The summed E-state index contributed by atoms with van der Waals surface area (Å²) >= 11 is 0. The van der Waals surface area contributed by atoms with Crippen LogP contribution < -0.4 is 19.8 Å². The summed E-state index contributed by atoms with van der Waals surface area (Å²) in [6.07, 6.45) is 5.45. The number of likely N-dealkylation sites (N-methyl/N-ethyl adjacent to an activating group) is 1. The van der Waals surface area contributed by atoms with Gasteiger partial charge in [-0.25, -0.2) is 17.8 Å². The number of piperazine rings is 1. The number of hydrogen-bond donors (Lipinski definition) is 2. The standard InChI is InChI=1S/C29H36FN9O3S/c1-36-13-15-38(16-14-36)23-12-11-20(18-21(23)30)32-29-34-27(33-22-8-4-5-9-24(22)37(2)43(3,40)41)26-28(35-29)39(19-31-26)25-10-6-7-17-42-25/h4-5,8-9,11-12,18-19,25H,6-7,10,13-17H2,1-3H3,(H2,32,33,34,35). The van der Waals surface area contributed by atoms with Crippen molar-refractivity contribution in [2.24, 2.45) is 0 Å². The number of rotatable bonds is 8. The number of nitrogens with one attached hydrogen (secondary N) is 2. The van der Waals surface area contributed by atoms with E-state index in [1.54, 1.807) is 36.7 Å². The Morgan fingerprint density at radius 1 is 1.05 bits per heavy atom. The van der Waals surface area contributed by atoms with Gasteiger partial charge in [-0.1, -0.05) is 12.1 Å². The summed E-state index contributed by atoms with van der Waals surface area (Å²) < 4.78 is 49.1. The first-order valence-corrected chi connectivity index (χ1v) is 16.2. The van der Waals surface area contributed by atoms with Crippen LogP contribution in [0.4, 0.5) is 38.9 Å². The molecule has 2 aromatic heterocycles. The number of para-hydroxylation sites is 2. The molecule has 1 unspecified atom stereocenters. The quantitative estimate of drug-likeness (QED) is 0.299. The Morgan fingerprint density at radius 2 is 1.84 bits per heavy atom. The molecule has 0 radical (unpaired) electrons. The van der Waals surface area contributed by atoms with Gasteiger partial charge in [0.1, 0.15) is 12.0 Å². The monoisotopic (exact) mass is 609 g/mol. The van der Waals surface area contributed by atoms with Gasteiger partial charge in [0.05, 0.1) is 29.6 Å². The van der Waals surface area contributed by atoms with Crippen LogP contribution in [-0.4, -0.2) is 86.0 Å². The molecule has 0 spiro atoms. The summed E-state index contributed by atoms with van der Waals surface area (Å²) in [5, 5.41) is 6.44. The number of ether oxygens (including phenoxy) is 1. The molecule has 4 heterocycles. The molecule has 14 heteroatoms. The van der Waals surface area contributed by atoms with Gasteiger partial charge in [-0.15, -0.1) is 0 Å². The van der Waals surface area contributed by atoms with Crippen molar-refractivity contribution in [3.63, 3.8) is 0 Å². The van der Waals surface area contributed by atoms with Gasteiger partial charge in [-0.3, -0.25) is 8.87 Å². The van der Waals surface area contributed by atoms with Crippen molar-refractivity contribution < 1.29 is 17.5 Å². The average Bonchev–Trinajstić information content (AvgIpc) is 3.42. The number of benzene rings is 2. The molecule has 1 atom stereocenters. The third-order valence-corrected chi connectivity index (χ3v) is 9.12. The molecule has 0 bridgehead atoms. The van der Waals surface area contributed by atoms with E-state index in [2.05, 4.69) is 32.5 Å². The molecule has 0 aliphatic carbocycles. The summed E-state index contributed by atoms with van der Waals surface area (Å²) in [6.45, 7) is 3.93. The molecule has 43 heavy (non-hydrogen) atoms. The van der Waals surface area contributed by atoms with Crippen LogP contribution in [0.25, 0.3) is 11.2 Å². The second-order valence-corrected chi connectivity index (χ2v) is 13.0. The molecule has 2 N–H and O–H groups in total. The number of halogens is 1. The summed E-state index contributed by atoms with van der Waals surface area (Å²) in [4.78, 5) is 18.4. The van der Waals surface area contributed by atoms with E-state index in [4.69, 9.17) is 14.7 Å². The molecule has 6 rings (SSSR count). The highest BCUT2D eigenvalue weighted by Crippen LogP contribution is 2.34. The highest BCUT2D eigenvalue weighted by Gasteiger charge is 2.23. The number of sulfonamides is 1. The van der Waals surface area contributed by atoms with Gasteiger partial charge < -0.3 is 25.2 Å². The minimum absolute atomic E-state index is 0.224. The third-order valence-electron chi connectivity index (χ3n) is 7.93. The Hall–Kier alpha value is -4.01. The Bertz CT molecular complexity index is 1720. The van der Waals surface area contributed by atoms with Crippen LogP contribution in [0, 0.1) is 5.82 Å². The lowest BCUT2D eigenvalue weighted by molar-refractivity contribution is -0.0298. The normalized spacial score (nSPS) is 18.1. The maximum atomic E-state index is 15.3. The van der Waals surface area contributed by atoms with Crippen LogP contribution in [0.2, 0.25) is 0 Å². The van der Waals surface area contributed by atoms with Crippen LogP contribution in [0.3, 0.4) is 0 Å². The van der Waals surface area contributed by atoms with Crippen molar-refractivity contribution in [3.8, 4) is 0 Å². The Balaban J connectivity index is 1.37. The minimum atomic E-state index is -3.52. The fraction of sp³-hybridized carbons (Fsp3) is 0.414. The van der Waals surface area contributed by atoms with E-state index < -0.39 is 10.0 Å². The van der Waals surface area contributed by atoms with E-state index >= 15 is 4.39 Å². The molecule has 2 saturated heterocycles. The molecule has 0 saturated carbocycles. The lowest BCUT2D eigenvalue weighted by Gasteiger charge is -2.34. The fourth-order valence-electron chi connectivity index (χ4n) is 5.39. The molecular formula is C29H36FN9O3S. The highest BCUT2D eigenvalue weighted by atomic mass is 32.2. The van der Waals surface area contributed by atoms with Crippen molar-refractivity contribution in [2.45, 2.75) is 25.5 Å². The second-order valence-electron chi connectivity index (χ2n) is 11.0. The summed E-state index contributed by atoms with van der Waals surface area (Å²) in [6, 6.07) is 12.1. The van der Waals surface area contributed by atoms with Gasteiger partial charge in [0, 0.05) is 45.5 Å². The van der Waals surface area contributed by atoms with E-state index in [-0.39, 0.29) is 18.0 Å². The highest BCUT2D eigenvalue weighted by molar-refractivity contribution is 7.92. The van der Waals surface area contributed by atoms with Crippen molar-refractivity contribution >= 4 is 55.7 Å². The van der Waals surface area contributed by atoms with Crippen LogP contribution >= 0.6 is 0 Å². The first kappa shape index (κ1) is 29.1.